The first-order valence-corrected chi connectivity index (χ1v) is 8.00. The van der Waals surface area contributed by atoms with E-state index in [1.54, 1.807) is 11.3 Å². The number of nitrogens with zero attached hydrogens (tertiary/aromatic N) is 1. The van der Waals surface area contributed by atoms with Crippen LogP contribution in [0.4, 0.5) is 0 Å². The number of amides is 1. The van der Waals surface area contributed by atoms with Gasteiger partial charge in [0, 0.05) is 24.1 Å². The van der Waals surface area contributed by atoms with Crippen molar-refractivity contribution in [2.24, 2.45) is 0 Å². The number of thiophene rings is 1. The summed E-state index contributed by atoms with van der Waals surface area (Å²) in [7, 11) is 0. The molecule has 0 unspecified atom stereocenters. The Bertz CT molecular complexity index is 437. The molecule has 106 valence electrons. The maximum absolute atomic E-state index is 12.6. The van der Waals surface area contributed by atoms with E-state index in [1.165, 1.54) is 16.9 Å². The van der Waals surface area contributed by atoms with Crippen molar-refractivity contribution < 1.29 is 9.90 Å². The summed E-state index contributed by atoms with van der Waals surface area (Å²) in [4.78, 5) is 16.7. The average Bonchev–Trinajstić information content (AvgIpc) is 2.72. The van der Waals surface area contributed by atoms with Gasteiger partial charge in [0.1, 0.15) is 0 Å². The zero-order valence-electron chi connectivity index (χ0n) is 11.8. The third-order valence-corrected chi connectivity index (χ3v) is 5.03. The summed E-state index contributed by atoms with van der Waals surface area (Å²) in [5.74, 6) is 0.158. The molecule has 1 amide bonds. The molecule has 19 heavy (non-hydrogen) atoms. The highest BCUT2D eigenvalue weighted by atomic mass is 32.1. The first kappa shape index (κ1) is 14.5. The minimum Gasteiger partial charge on any atom is -0.396 e. The molecule has 1 heterocycles. The fourth-order valence-corrected chi connectivity index (χ4v) is 3.58. The number of carbonyl (C=O) groups is 1. The van der Waals surface area contributed by atoms with Crippen LogP contribution in [0.3, 0.4) is 0 Å². The maximum atomic E-state index is 12.6. The van der Waals surface area contributed by atoms with E-state index < -0.39 is 0 Å². The van der Waals surface area contributed by atoms with Gasteiger partial charge < -0.3 is 10.0 Å². The summed E-state index contributed by atoms with van der Waals surface area (Å²) in [6, 6.07) is 2.44. The normalized spacial score (nSPS) is 15.3. The van der Waals surface area contributed by atoms with Crippen LogP contribution in [0, 0.1) is 6.92 Å². The number of aliphatic hydroxyl groups is 1. The predicted molar refractivity (Wildman–Crippen MR) is 78.8 cm³/mol. The van der Waals surface area contributed by atoms with Crippen LogP contribution in [0.2, 0.25) is 0 Å². The topological polar surface area (TPSA) is 40.5 Å². The highest BCUT2D eigenvalue weighted by Crippen LogP contribution is 2.29. The molecule has 1 aromatic rings. The molecule has 0 spiro atoms. The lowest BCUT2D eigenvalue weighted by molar-refractivity contribution is 0.0567. The van der Waals surface area contributed by atoms with E-state index in [1.807, 2.05) is 11.0 Å². The van der Waals surface area contributed by atoms with E-state index in [0.717, 1.165) is 24.1 Å². The van der Waals surface area contributed by atoms with Crippen molar-refractivity contribution >= 4 is 17.2 Å². The Labute approximate surface area is 119 Å². The third-order valence-electron chi connectivity index (χ3n) is 3.95. The smallest absolute Gasteiger partial charge is 0.264 e. The Morgan fingerprint density at radius 2 is 2.26 bits per heavy atom. The SMILES string of the molecule is CCc1cc(C(=O)N(CCCO)C2CCC2)sc1C. The average molecular weight is 281 g/mol. The van der Waals surface area contributed by atoms with Crippen molar-refractivity contribution in [3.05, 3.63) is 21.4 Å². The molecule has 1 aliphatic rings. The Balaban J connectivity index is 2.12. The lowest BCUT2D eigenvalue weighted by atomic mass is 9.91. The molecule has 1 saturated carbocycles. The first-order valence-electron chi connectivity index (χ1n) is 7.18. The van der Waals surface area contributed by atoms with Gasteiger partial charge in [0.05, 0.1) is 4.88 Å². The number of rotatable bonds is 6. The lowest BCUT2D eigenvalue weighted by Crippen LogP contribution is -2.44. The van der Waals surface area contributed by atoms with Crippen LogP contribution >= 0.6 is 11.3 Å². The van der Waals surface area contributed by atoms with Gasteiger partial charge in [0.2, 0.25) is 0 Å². The number of aliphatic hydroxyl groups excluding tert-OH is 1. The molecule has 0 radical (unpaired) electrons. The standard InChI is InChI=1S/C15H23NO2S/c1-3-12-10-14(19-11(12)2)15(18)16(8-5-9-17)13-6-4-7-13/h10,13,17H,3-9H2,1-2H3. The second-order valence-electron chi connectivity index (χ2n) is 5.21. The predicted octanol–water partition coefficient (Wildman–Crippen LogP) is 3.00. The zero-order chi connectivity index (χ0) is 13.8. The molecule has 1 N–H and O–H groups in total. The Kier molecular flexibility index (Phi) is 4.99. The van der Waals surface area contributed by atoms with E-state index in [4.69, 9.17) is 5.11 Å². The van der Waals surface area contributed by atoms with Crippen molar-refractivity contribution in [3.8, 4) is 0 Å². The minimum absolute atomic E-state index is 0.153. The van der Waals surface area contributed by atoms with Crippen molar-refractivity contribution in [3.63, 3.8) is 0 Å². The summed E-state index contributed by atoms with van der Waals surface area (Å²) in [5.41, 5.74) is 1.28. The van der Waals surface area contributed by atoms with Gasteiger partial charge in [-0.05, 0) is 50.7 Å². The zero-order valence-corrected chi connectivity index (χ0v) is 12.6. The van der Waals surface area contributed by atoms with Gasteiger partial charge in [-0.15, -0.1) is 11.3 Å². The molecule has 3 nitrogen and oxygen atoms in total. The van der Waals surface area contributed by atoms with E-state index in [-0.39, 0.29) is 12.5 Å². The van der Waals surface area contributed by atoms with Crippen LogP contribution in [0.5, 0.6) is 0 Å². The second kappa shape index (κ2) is 6.53. The fraction of sp³-hybridized carbons (Fsp3) is 0.667. The number of hydrogen-bond acceptors (Lipinski definition) is 3. The van der Waals surface area contributed by atoms with Gasteiger partial charge in [-0.1, -0.05) is 6.92 Å². The van der Waals surface area contributed by atoms with Crippen molar-refractivity contribution in [2.75, 3.05) is 13.2 Å². The van der Waals surface area contributed by atoms with Crippen LogP contribution in [-0.2, 0) is 6.42 Å². The molecule has 1 aromatic heterocycles. The van der Waals surface area contributed by atoms with Gasteiger partial charge in [-0.2, -0.15) is 0 Å². The van der Waals surface area contributed by atoms with E-state index in [9.17, 15) is 4.79 Å². The fourth-order valence-electron chi connectivity index (χ4n) is 2.51. The molecule has 4 heteroatoms. The molecule has 0 saturated heterocycles. The highest BCUT2D eigenvalue weighted by Gasteiger charge is 2.29. The van der Waals surface area contributed by atoms with Gasteiger partial charge in [0.15, 0.2) is 0 Å². The number of aryl methyl sites for hydroxylation is 2. The third kappa shape index (κ3) is 3.18. The van der Waals surface area contributed by atoms with E-state index in [0.29, 0.717) is 19.0 Å². The minimum atomic E-state index is 0.153. The number of hydrogen-bond donors (Lipinski definition) is 1. The highest BCUT2D eigenvalue weighted by molar-refractivity contribution is 7.14. The van der Waals surface area contributed by atoms with Crippen molar-refractivity contribution in [2.45, 2.75) is 52.0 Å². The Morgan fingerprint density at radius 1 is 1.53 bits per heavy atom. The van der Waals surface area contributed by atoms with Crippen LogP contribution in [-0.4, -0.2) is 35.1 Å². The molecule has 2 rings (SSSR count). The van der Waals surface area contributed by atoms with E-state index in [2.05, 4.69) is 13.8 Å². The Hall–Kier alpha value is -0.870. The lowest BCUT2D eigenvalue weighted by Gasteiger charge is -2.37. The van der Waals surface area contributed by atoms with Crippen LogP contribution in [0.15, 0.2) is 6.07 Å². The summed E-state index contributed by atoms with van der Waals surface area (Å²) in [6.07, 6.45) is 5.10. The first-order chi connectivity index (χ1) is 9.17. The van der Waals surface area contributed by atoms with Crippen molar-refractivity contribution in [1.82, 2.24) is 4.90 Å². The molecule has 0 atom stereocenters. The molecule has 1 aliphatic carbocycles. The quantitative estimate of drug-likeness (QED) is 0.871. The molecular formula is C15H23NO2S. The summed E-state index contributed by atoms with van der Waals surface area (Å²) in [5, 5.41) is 8.99. The van der Waals surface area contributed by atoms with Crippen LogP contribution < -0.4 is 0 Å². The second-order valence-corrected chi connectivity index (χ2v) is 6.46. The Morgan fingerprint density at radius 3 is 2.74 bits per heavy atom. The molecule has 1 fully saturated rings. The molecule has 0 bridgehead atoms. The molecular weight excluding hydrogens is 258 g/mol. The summed E-state index contributed by atoms with van der Waals surface area (Å²) < 4.78 is 0. The van der Waals surface area contributed by atoms with Gasteiger partial charge in [0.25, 0.3) is 5.91 Å². The monoisotopic (exact) mass is 281 g/mol. The van der Waals surface area contributed by atoms with E-state index >= 15 is 0 Å². The summed E-state index contributed by atoms with van der Waals surface area (Å²) in [6.45, 7) is 5.04. The van der Waals surface area contributed by atoms with Gasteiger partial charge in [-0.3, -0.25) is 4.79 Å². The maximum Gasteiger partial charge on any atom is 0.264 e. The molecule has 0 aromatic carbocycles. The largest absolute Gasteiger partial charge is 0.396 e. The van der Waals surface area contributed by atoms with Gasteiger partial charge in [-0.25, -0.2) is 0 Å². The van der Waals surface area contributed by atoms with Gasteiger partial charge >= 0.3 is 0 Å². The van der Waals surface area contributed by atoms with Crippen LogP contribution in [0.1, 0.15) is 52.7 Å². The molecule has 0 aliphatic heterocycles. The number of carbonyl (C=O) groups excluding carboxylic acids is 1. The van der Waals surface area contributed by atoms with Crippen LogP contribution in [0.25, 0.3) is 0 Å². The van der Waals surface area contributed by atoms with Crippen molar-refractivity contribution in [1.29, 1.82) is 0 Å². The summed E-state index contributed by atoms with van der Waals surface area (Å²) >= 11 is 1.61.